The second kappa shape index (κ2) is 6.09. The first kappa shape index (κ1) is 13.9. The number of thioether (sulfide) groups is 1. The van der Waals surface area contributed by atoms with Crippen LogP contribution in [0.15, 0.2) is 24.3 Å². The summed E-state index contributed by atoms with van der Waals surface area (Å²) in [6.07, 6.45) is 1.28. The van der Waals surface area contributed by atoms with Crippen LogP contribution in [0.2, 0.25) is 5.02 Å². The summed E-state index contributed by atoms with van der Waals surface area (Å²) in [6.45, 7) is 4.84. The van der Waals surface area contributed by atoms with E-state index in [1.807, 2.05) is 6.92 Å². The number of hydrogen-bond acceptors (Lipinski definition) is 3. The number of carbonyl (C=O) groups is 1. The molecular weight excluding hydrogens is 268 g/mol. The lowest BCUT2D eigenvalue weighted by atomic mass is 10.1. The Morgan fingerprint density at radius 3 is 2.67 bits per heavy atom. The highest BCUT2D eigenvalue weighted by atomic mass is 35.5. The van der Waals surface area contributed by atoms with Crippen molar-refractivity contribution in [1.82, 2.24) is 0 Å². The Kier molecular flexibility index (Phi) is 4.71. The quantitative estimate of drug-likeness (QED) is 0.786. The van der Waals surface area contributed by atoms with E-state index in [2.05, 4.69) is 6.92 Å². The van der Waals surface area contributed by atoms with Crippen LogP contribution < -0.4 is 0 Å². The molecule has 98 valence electrons. The lowest BCUT2D eigenvalue weighted by Crippen LogP contribution is -2.21. The Bertz CT molecular complexity index is 418. The molecular formula is C14H17ClO2S. The van der Waals surface area contributed by atoms with Crippen LogP contribution >= 0.6 is 23.4 Å². The van der Waals surface area contributed by atoms with E-state index >= 15 is 0 Å². The van der Waals surface area contributed by atoms with Crippen LogP contribution in [-0.4, -0.2) is 29.0 Å². The van der Waals surface area contributed by atoms with Crippen molar-refractivity contribution in [3.05, 3.63) is 34.9 Å². The molecule has 1 heterocycles. The molecule has 0 aromatic heterocycles. The summed E-state index contributed by atoms with van der Waals surface area (Å²) < 4.78 is 5.52. The van der Waals surface area contributed by atoms with Crippen LogP contribution in [0.25, 0.3) is 0 Å². The molecule has 1 aromatic carbocycles. The Labute approximate surface area is 117 Å². The minimum absolute atomic E-state index is 0.0414. The largest absolute Gasteiger partial charge is 0.377 e. The average molecular weight is 285 g/mol. The van der Waals surface area contributed by atoms with Gasteiger partial charge in [0, 0.05) is 22.4 Å². The highest BCUT2D eigenvalue weighted by Crippen LogP contribution is 2.31. The Morgan fingerprint density at radius 2 is 2.11 bits per heavy atom. The van der Waals surface area contributed by atoms with E-state index in [1.54, 1.807) is 36.0 Å². The Morgan fingerprint density at radius 1 is 1.44 bits per heavy atom. The maximum Gasteiger partial charge on any atom is 0.175 e. The lowest BCUT2D eigenvalue weighted by molar-refractivity contribution is 0.0993. The third-order valence-corrected chi connectivity index (χ3v) is 5.03. The smallest absolute Gasteiger partial charge is 0.175 e. The summed E-state index contributed by atoms with van der Waals surface area (Å²) in [4.78, 5) is 12.2. The molecule has 1 fully saturated rings. The van der Waals surface area contributed by atoms with Crippen molar-refractivity contribution >= 4 is 29.1 Å². The van der Waals surface area contributed by atoms with Crippen LogP contribution in [0.4, 0.5) is 0 Å². The number of Topliss-reactive ketones (excluding diaryl/α,β-unsaturated/α-hetero) is 1. The fraction of sp³-hybridized carbons (Fsp3) is 0.500. The van der Waals surface area contributed by atoms with E-state index < -0.39 is 0 Å². The molecule has 0 radical (unpaired) electrons. The van der Waals surface area contributed by atoms with Crippen molar-refractivity contribution in [2.24, 2.45) is 0 Å². The first-order valence-electron chi connectivity index (χ1n) is 6.15. The monoisotopic (exact) mass is 284 g/mol. The summed E-state index contributed by atoms with van der Waals surface area (Å²) in [5.74, 6) is 0.163. The van der Waals surface area contributed by atoms with E-state index in [0.29, 0.717) is 10.3 Å². The molecule has 0 aliphatic carbocycles. The topological polar surface area (TPSA) is 26.3 Å². The first-order valence-corrected chi connectivity index (χ1v) is 7.47. The van der Waals surface area contributed by atoms with Gasteiger partial charge in [-0.15, -0.1) is 11.8 Å². The number of benzene rings is 1. The molecule has 0 amide bonds. The van der Waals surface area contributed by atoms with Crippen LogP contribution in [0.5, 0.6) is 0 Å². The maximum absolute atomic E-state index is 12.2. The number of ether oxygens (including phenoxy) is 1. The van der Waals surface area contributed by atoms with Gasteiger partial charge in [-0.2, -0.15) is 0 Å². The van der Waals surface area contributed by atoms with Crippen LogP contribution in [0.1, 0.15) is 30.6 Å². The second-order valence-electron chi connectivity index (χ2n) is 4.55. The zero-order valence-corrected chi connectivity index (χ0v) is 12.1. The molecule has 3 unspecified atom stereocenters. The zero-order valence-electron chi connectivity index (χ0n) is 10.6. The van der Waals surface area contributed by atoms with Gasteiger partial charge in [-0.05, 0) is 44.5 Å². The Hall–Kier alpha value is -0.510. The van der Waals surface area contributed by atoms with Crippen LogP contribution in [-0.2, 0) is 4.74 Å². The molecule has 4 heteroatoms. The first-order chi connectivity index (χ1) is 8.58. The SMILES string of the molecule is CC(SC1CCOC1C)C(=O)c1ccc(Cl)cc1. The van der Waals surface area contributed by atoms with Crippen molar-refractivity contribution in [2.45, 2.75) is 36.9 Å². The minimum Gasteiger partial charge on any atom is -0.377 e. The molecule has 1 aliphatic heterocycles. The van der Waals surface area contributed by atoms with Gasteiger partial charge < -0.3 is 4.74 Å². The molecule has 2 nitrogen and oxygen atoms in total. The predicted octanol–water partition coefficient (Wildman–Crippen LogP) is 3.82. The molecule has 2 rings (SSSR count). The zero-order chi connectivity index (χ0) is 13.1. The van der Waals surface area contributed by atoms with E-state index in [-0.39, 0.29) is 17.1 Å². The van der Waals surface area contributed by atoms with Crippen molar-refractivity contribution in [1.29, 1.82) is 0 Å². The van der Waals surface area contributed by atoms with Gasteiger partial charge in [0.1, 0.15) is 0 Å². The van der Waals surface area contributed by atoms with E-state index in [0.717, 1.165) is 18.6 Å². The summed E-state index contributed by atoms with van der Waals surface area (Å²) in [7, 11) is 0. The lowest BCUT2D eigenvalue weighted by Gasteiger charge is -2.18. The fourth-order valence-corrected chi connectivity index (χ4v) is 3.51. The summed E-state index contributed by atoms with van der Waals surface area (Å²) in [5, 5.41) is 1.04. The maximum atomic E-state index is 12.2. The van der Waals surface area contributed by atoms with E-state index in [4.69, 9.17) is 16.3 Å². The van der Waals surface area contributed by atoms with Crippen LogP contribution in [0, 0.1) is 0 Å². The average Bonchev–Trinajstić information content (AvgIpc) is 2.75. The highest BCUT2D eigenvalue weighted by Gasteiger charge is 2.28. The van der Waals surface area contributed by atoms with Crippen molar-refractivity contribution < 1.29 is 9.53 Å². The number of ketones is 1. The van der Waals surface area contributed by atoms with Crippen LogP contribution in [0.3, 0.4) is 0 Å². The molecule has 0 saturated carbocycles. The van der Waals surface area contributed by atoms with Gasteiger partial charge in [0.2, 0.25) is 0 Å². The third kappa shape index (κ3) is 3.28. The van der Waals surface area contributed by atoms with Crippen molar-refractivity contribution in [3.63, 3.8) is 0 Å². The molecule has 1 aromatic rings. The molecule has 0 spiro atoms. The van der Waals surface area contributed by atoms with Gasteiger partial charge >= 0.3 is 0 Å². The molecule has 0 N–H and O–H groups in total. The molecule has 18 heavy (non-hydrogen) atoms. The third-order valence-electron chi connectivity index (χ3n) is 3.18. The fourth-order valence-electron chi connectivity index (χ4n) is 2.06. The predicted molar refractivity (Wildman–Crippen MR) is 76.7 cm³/mol. The number of hydrogen-bond donors (Lipinski definition) is 0. The summed E-state index contributed by atoms with van der Waals surface area (Å²) in [5.41, 5.74) is 0.728. The molecule has 1 saturated heterocycles. The van der Waals surface area contributed by atoms with Crippen molar-refractivity contribution in [2.75, 3.05) is 6.61 Å². The van der Waals surface area contributed by atoms with Gasteiger partial charge in [0.25, 0.3) is 0 Å². The van der Waals surface area contributed by atoms with E-state index in [9.17, 15) is 4.79 Å². The van der Waals surface area contributed by atoms with Gasteiger partial charge in [-0.1, -0.05) is 11.6 Å². The highest BCUT2D eigenvalue weighted by molar-refractivity contribution is 8.01. The molecule has 3 atom stereocenters. The summed E-state index contributed by atoms with van der Waals surface area (Å²) in [6, 6.07) is 7.09. The standard InChI is InChI=1S/C14H17ClO2S/c1-9-13(7-8-17-9)18-10(2)14(16)11-3-5-12(15)6-4-11/h3-6,9-10,13H,7-8H2,1-2H3. The van der Waals surface area contributed by atoms with Gasteiger partial charge in [-0.3, -0.25) is 4.79 Å². The molecule has 0 bridgehead atoms. The number of rotatable bonds is 4. The number of carbonyl (C=O) groups excluding carboxylic acids is 1. The number of halogens is 1. The van der Waals surface area contributed by atoms with Crippen molar-refractivity contribution in [3.8, 4) is 0 Å². The molecule has 1 aliphatic rings. The Balaban J connectivity index is 1.98. The normalized spacial score (nSPS) is 25.1. The van der Waals surface area contributed by atoms with Gasteiger partial charge in [0.15, 0.2) is 5.78 Å². The second-order valence-corrected chi connectivity index (χ2v) is 6.57. The van der Waals surface area contributed by atoms with E-state index in [1.165, 1.54) is 0 Å². The summed E-state index contributed by atoms with van der Waals surface area (Å²) >= 11 is 7.53. The van der Waals surface area contributed by atoms with Gasteiger partial charge in [0.05, 0.1) is 11.4 Å². The minimum atomic E-state index is -0.0414. The van der Waals surface area contributed by atoms with Gasteiger partial charge in [-0.25, -0.2) is 0 Å².